The third-order valence-electron chi connectivity index (χ3n) is 2.93. The van der Waals surface area contributed by atoms with E-state index in [-0.39, 0.29) is 6.61 Å². The lowest BCUT2D eigenvalue weighted by molar-refractivity contribution is -0.119. The summed E-state index contributed by atoms with van der Waals surface area (Å²) < 4.78 is 8.66. The highest BCUT2D eigenvalue weighted by atomic mass is 32.1. The highest BCUT2D eigenvalue weighted by Gasteiger charge is 2.17. The molecule has 0 aliphatic heterocycles. The highest BCUT2D eigenvalue weighted by Crippen LogP contribution is 2.13. The lowest BCUT2D eigenvalue weighted by Gasteiger charge is -2.06. The maximum atomic E-state index is 11.9. The zero-order chi connectivity index (χ0) is 16.7. The topological polar surface area (TPSA) is 105 Å². The minimum atomic E-state index is -0.601. The monoisotopic (exact) mass is 330 g/mol. The van der Waals surface area contributed by atoms with E-state index in [0.717, 1.165) is 17.1 Å². The maximum Gasteiger partial charge on any atom is 0.352 e. The number of aromatic nitrogens is 2. The average molecular weight is 330 g/mol. The molecule has 1 N–H and O–H groups in total. The predicted molar refractivity (Wildman–Crippen MR) is 84.0 cm³/mol. The van der Waals surface area contributed by atoms with Crippen molar-refractivity contribution in [3.05, 3.63) is 40.4 Å². The number of aryl methyl sites for hydroxylation is 1. The Balaban J connectivity index is 1.85. The normalized spacial score (nSPS) is 9.91. The number of carbonyl (C=O) groups is 2. The summed E-state index contributed by atoms with van der Waals surface area (Å²) in [5.74, 6) is -1.04. The van der Waals surface area contributed by atoms with Crippen molar-refractivity contribution >= 4 is 29.1 Å². The molecule has 23 heavy (non-hydrogen) atoms. The standard InChI is InChI=1S/C15H14N4O3S/c1-2-12-14(23-19-18-12)15(21)22-9-13(20)17-11-5-3-10(4-6-11)7-8-16/h3-6H,2,7,9H2,1H3,(H,17,20). The third-order valence-corrected chi connectivity index (χ3v) is 3.68. The molecule has 0 fully saturated rings. The minimum Gasteiger partial charge on any atom is -0.451 e. The molecular weight excluding hydrogens is 316 g/mol. The van der Waals surface area contributed by atoms with Crippen molar-refractivity contribution in [3.63, 3.8) is 0 Å². The number of ether oxygens (including phenoxy) is 1. The minimum absolute atomic E-state index is 0.314. The van der Waals surface area contributed by atoms with E-state index in [2.05, 4.69) is 14.9 Å². The van der Waals surface area contributed by atoms with Crippen molar-refractivity contribution in [2.24, 2.45) is 0 Å². The molecular formula is C15H14N4O3S. The number of amides is 1. The van der Waals surface area contributed by atoms with Crippen LogP contribution in [0.15, 0.2) is 24.3 Å². The van der Waals surface area contributed by atoms with Gasteiger partial charge in [0.1, 0.15) is 0 Å². The van der Waals surface area contributed by atoms with Crippen LogP contribution in [0.25, 0.3) is 0 Å². The van der Waals surface area contributed by atoms with Crippen LogP contribution in [0.5, 0.6) is 0 Å². The summed E-state index contributed by atoms with van der Waals surface area (Å²) in [4.78, 5) is 24.0. The summed E-state index contributed by atoms with van der Waals surface area (Å²) in [5, 5.41) is 15.0. The molecule has 2 rings (SSSR count). The number of esters is 1. The van der Waals surface area contributed by atoms with Gasteiger partial charge in [0.15, 0.2) is 11.5 Å². The van der Waals surface area contributed by atoms with Crippen molar-refractivity contribution in [2.75, 3.05) is 11.9 Å². The average Bonchev–Trinajstić information content (AvgIpc) is 3.03. The van der Waals surface area contributed by atoms with Crippen LogP contribution in [-0.4, -0.2) is 28.1 Å². The second-order valence-electron chi connectivity index (χ2n) is 4.56. The van der Waals surface area contributed by atoms with Crippen molar-refractivity contribution in [1.29, 1.82) is 5.26 Å². The number of benzene rings is 1. The van der Waals surface area contributed by atoms with E-state index in [0.29, 0.717) is 29.1 Å². The molecule has 0 aliphatic rings. The van der Waals surface area contributed by atoms with Gasteiger partial charge in [-0.15, -0.1) is 5.10 Å². The van der Waals surface area contributed by atoms with E-state index in [1.165, 1.54) is 0 Å². The smallest absolute Gasteiger partial charge is 0.352 e. The second-order valence-corrected chi connectivity index (χ2v) is 5.31. The van der Waals surface area contributed by atoms with Crippen LogP contribution >= 0.6 is 11.5 Å². The third kappa shape index (κ3) is 4.59. The first-order valence-electron chi connectivity index (χ1n) is 6.88. The Hall–Kier alpha value is -2.79. The number of carbonyl (C=O) groups excluding carboxylic acids is 2. The molecule has 0 saturated heterocycles. The molecule has 1 aromatic carbocycles. The zero-order valence-corrected chi connectivity index (χ0v) is 13.2. The summed E-state index contributed by atoms with van der Waals surface area (Å²) in [6, 6.07) is 8.93. The van der Waals surface area contributed by atoms with Crippen LogP contribution in [0.4, 0.5) is 5.69 Å². The Morgan fingerprint density at radius 1 is 1.35 bits per heavy atom. The Morgan fingerprint density at radius 3 is 2.74 bits per heavy atom. The van der Waals surface area contributed by atoms with Gasteiger partial charge in [-0.3, -0.25) is 4.79 Å². The van der Waals surface area contributed by atoms with E-state index < -0.39 is 11.9 Å². The molecule has 0 atom stereocenters. The largest absolute Gasteiger partial charge is 0.451 e. The SMILES string of the molecule is CCc1nnsc1C(=O)OCC(=O)Nc1ccc(CC#N)cc1. The molecule has 0 bridgehead atoms. The summed E-state index contributed by atoms with van der Waals surface area (Å²) in [5.41, 5.74) is 2.00. The molecule has 0 spiro atoms. The van der Waals surface area contributed by atoms with Gasteiger partial charge in [-0.2, -0.15) is 5.26 Å². The second kappa shape index (κ2) is 8.00. The number of anilines is 1. The molecule has 0 saturated carbocycles. The molecule has 118 valence electrons. The molecule has 0 unspecified atom stereocenters. The van der Waals surface area contributed by atoms with Crippen LogP contribution in [0.1, 0.15) is 27.9 Å². The fourth-order valence-electron chi connectivity index (χ4n) is 1.79. The molecule has 7 nitrogen and oxygen atoms in total. The molecule has 0 radical (unpaired) electrons. The Kier molecular flexibility index (Phi) is 5.77. The van der Waals surface area contributed by atoms with E-state index in [4.69, 9.17) is 10.00 Å². The predicted octanol–water partition coefficient (Wildman–Crippen LogP) is 1.96. The summed E-state index contributed by atoms with van der Waals surface area (Å²) >= 11 is 0.950. The van der Waals surface area contributed by atoms with Crippen molar-refractivity contribution in [1.82, 2.24) is 9.59 Å². The van der Waals surface area contributed by atoms with Gasteiger partial charge in [-0.25, -0.2) is 4.79 Å². The quantitative estimate of drug-likeness (QED) is 0.812. The highest BCUT2D eigenvalue weighted by molar-refractivity contribution is 7.07. The van der Waals surface area contributed by atoms with Gasteiger partial charge in [-0.05, 0) is 35.6 Å². The summed E-state index contributed by atoms with van der Waals surface area (Å²) in [7, 11) is 0. The number of nitrogens with one attached hydrogen (secondary N) is 1. The molecule has 0 aliphatic carbocycles. The number of nitrogens with zero attached hydrogens (tertiary/aromatic N) is 3. The van der Waals surface area contributed by atoms with Crippen molar-refractivity contribution in [2.45, 2.75) is 19.8 Å². The van der Waals surface area contributed by atoms with Crippen LogP contribution < -0.4 is 5.32 Å². The number of nitriles is 1. The van der Waals surface area contributed by atoms with Crippen molar-refractivity contribution < 1.29 is 14.3 Å². The molecule has 8 heteroatoms. The molecule has 2 aromatic rings. The van der Waals surface area contributed by atoms with Gasteiger partial charge in [0.25, 0.3) is 5.91 Å². The first-order valence-corrected chi connectivity index (χ1v) is 7.65. The van der Waals surface area contributed by atoms with Gasteiger partial charge in [-0.1, -0.05) is 23.5 Å². The summed E-state index contributed by atoms with van der Waals surface area (Å²) in [6.45, 7) is 1.47. The van der Waals surface area contributed by atoms with Gasteiger partial charge >= 0.3 is 5.97 Å². The first-order chi connectivity index (χ1) is 11.1. The van der Waals surface area contributed by atoms with Crippen LogP contribution in [0.3, 0.4) is 0 Å². The van der Waals surface area contributed by atoms with E-state index in [1.54, 1.807) is 24.3 Å². The van der Waals surface area contributed by atoms with E-state index in [1.807, 2.05) is 13.0 Å². The van der Waals surface area contributed by atoms with Gasteiger partial charge in [0.2, 0.25) is 0 Å². The van der Waals surface area contributed by atoms with Gasteiger partial charge in [0, 0.05) is 5.69 Å². The Bertz CT molecular complexity index is 734. The Labute approximate surface area is 137 Å². The van der Waals surface area contributed by atoms with Crippen LogP contribution in [-0.2, 0) is 22.4 Å². The zero-order valence-electron chi connectivity index (χ0n) is 12.4. The lowest BCUT2D eigenvalue weighted by atomic mass is 10.1. The maximum absolute atomic E-state index is 11.9. The van der Waals surface area contributed by atoms with E-state index in [9.17, 15) is 9.59 Å². The van der Waals surface area contributed by atoms with Crippen molar-refractivity contribution in [3.8, 4) is 6.07 Å². The van der Waals surface area contributed by atoms with Crippen LogP contribution in [0, 0.1) is 11.3 Å². The number of hydrogen-bond acceptors (Lipinski definition) is 7. The number of hydrogen-bond donors (Lipinski definition) is 1. The fraction of sp³-hybridized carbons (Fsp3) is 0.267. The summed E-state index contributed by atoms with van der Waals surface area (Å²) in [6.07, 6.45) is 0.886. The molecule has 1 amide bonds. The van der Waals surface area contributed by atoms with Gasteiger partial charge in [0.05, 0.1) is 18.2 Å². The Morgan fingerprint density at radius 2 is 2.09 bits per heavy atom. The lowest BCUT2D eigenvalue weighted by Crippen LogP contribution is -2.21. The molecule has 1 aromatic heterocycles. The number of rotatable bonds is 6. The van der Waals surface area contributed by atoms with E-state index >= 15 is 0 Å². The molecule has 1 heterocycles. The fourth-order valence-corrected chi connectivity index (χ4v) is 2.43. The van der Waals surface area contributed by atoms with Gasteiger partial charge < -0.3 is 10.1 Å². The first kappa shape index (κ1) is 16.6. The van der Waals surface area contributed by atoms with Crippen LogP contribution in [0.2, 0.25) is 0 Å².